The van der Waals surface area contributed by atoms with Crippen molar-refractivity contribution in [2.45, 2.75) is 38.8 Å². The van der Waals surface area contributed by atoms with Crippen molar-refractivity contribution in [1.29, 1.82) is 0 Å². The Morgan fingerprint density at radius 3 is 2.00 bits per heavy atom. The number of hydrogen-bond donors (Lipinski definition) is 3. The normalized spacial score (nSPS) is 12.5. The van der Waals surface area contributed by atoms with Crippen LogP contribution in [0.3, 0.4) is 0 Å². The van der Waals surface area contributed by atoms with Crippen LogP contribution in [0.5, 0.6) is 5.75 Å². The van der Waals surface area contributed by atoms with E-state index >= 15 is 0 Å². The number of phenols is 1. The van der Waals surface area contributed by atoms with Gasteiger partial charge in [-0.05, 0) is 48.2 Å². The molecule has 6 nitrogen and oxygen atoms in total. The Labute approximate surface area is 165 Å². The average molecular weight is 381 g/mol. The van der Waals surface area contributed by atoms with Crippen molar-refractivity contribution >= 4 is 11.9 Å². The number of rotatable bonds is 8. The Morgan fingerprint density at radius 1 is 0.821 bits per heavy atom. The van der Waals surface area contributed by atoms with Crippen LogP contribution in [-0.4, -0.2) is 35.0 Å². The molecule has 2 aromatic carbocycles. The summed E-state index contributed by atoms with van der Waals surface area (Å²) < 4.78 is 0. The predicted octanol–water partition coefficient (Wildman–Crippen LogP) is 3.41. The molecule has 3 amide bonds. The molecule has 0 unspecified atom stereocenters. The molecular weight excluding hydrogens is 354 g/mol. The number of benzene rings is 2. The van der Waals surface area contributed by atoms with Crippen LogP contribution < -0.4 is 10.6 Å². The minimum atomic E-state index is -0.126. The molecule has 0 saturated carbocycles. The highest BCUT2D eigenvalue weighted by molar-refractivity contribution is 5.94. The zero-order valence-electron chi connectivity index (χ0n) is 16.0. The van der Waals surface area contributed by atoms with Gasteiger partial charge in [0.05, 0.1) is 0 Å². The molecule has 0 fully saturated rings. The van der Waals surface area contributed by atoms with Crippen LogP contribution in [0.1, 0.15) is 47.2 Å². The van der Waals surface area contributed by atoms with E-state index in [1.54, 1.807) is 12.1 Å². The first-order valence-electron chi connectivity index (χ1n) is 9.80. The van der Waals surface area contributed by atoms with E-state index in [1.165, 1.54) is 23.3 Å². The average Bonchev–Trinajstić information content (AvgIpc) is 3.14. The maximum absolute atomic E-state index is 12.2. The number of nitrogens with one attached hydrogen (secondary N) is 2. The van der Waals surface area contributed by atoms with E-state index in [0.717, 1.165) is 25.7 Å². The first kappa shape index (κ1) is 19.7. The second kappa shape index (κ2) is 9.78. The molecule has 148 valence electrons. The van der Waals surface area contributed by atoms with Gasteiger partial charge in [-0.25, -0.2) is 4.79 Å². The Morgan fingerprint density at radius 2 is 1.39 bits per heavy atom. The lowest BCUT2D eigenvalue weighted by molar-refractivity contribution is 0.0953. The molecule has 1 heterocycles. The summed E-state index contributed by atoms with van der Waals surface area (Å²) in [5.41, 5.74) is 3.00. The van der Waals surface area contributed by atoms with Crippen molar-refractivity contribution in [3.63, 3.8) is 0 Å². The Bertz CT molecular complexity index is 780. The van der Waals surface area contributed by atoms with E-state index in [0.29, 0.717) is 31.7 Å². The first-order chi connectivity index (χ1) is 13.6. The largest absolute Gasteiger partial charge is 0.508 e. The van der Waals surface area contributed by atoms with Crippen LogP contribution in [0.2, 0.25) is 0 Å². The molecule has 28 heavy (non-hydrogen) atoms. The quantitative estimate of drug-likeness (QED) is 0.613. The lowest BCUT2D eigenvalue weighted by atomic mass is 10.1. The van der Waals surface area contributed by atoms with Gasteiger partial charge in [-0.1, -0.05) is 37.1 Å². The van der Waals surface area contributed by atoms with Gasteiger partial charge in [0.2, 0.25) is 0 Å². The maximum atomic E-state index is 12.2. The standard InChI is InChI=1S/C22H27N3O3/c26-20-11-9-17(10-12-20)21(27)23-13-5-1-2-6-14-24-22(28)25-15-18-7-3-4-8-19(18)16-25/h3-4,7-12,26H,1-2,5-6,13-16H2,(H,23,27)(H,24,28). The van der Waals surface area contributed by atoms with Gasteiger partial charge in [-0.15, -0.1) is 0 Å². The summed E-state index contributed by atoms with van der Waals surface area (Å²) in [6.07, 6.45) is 3.84. The Balaban J connectivity index is 1.21. The third kappa shape index (κ3) is 5.49. The molecule has 0 spiro atoms. The van der Waals surface area contributed by atoms with Crippen molar-refractivity contribution in [3.8, 4) is 5.75 Å². The highest BCUT2D eigenvalue weighted by Gasteiger charge is 2.22. The number of carbonyl (C=O) groups excluding carboxylic acids is 2. The van der Waals surface area contributed by atoms with Gasteiger partial charge >= 0.3 is 6.03 Å². The van der Waals surface area contributed by atoms with Crippen LogP contribution in [0, 0.1) is 0 Å². The van der Waals surface area contributed by atoms with E-state index in [4.69, 9.17) is 0 Å². The summed E-state index contributed by atoms with van der Waals surface area (Å²) in [7, 11) is 0. The molecule has 0 aliphatic carbocycles. The topological polar surface area (TPSA) is 81.7 Å². The molecular formula is C22H27N3O3. The van der Waals surface area contributed by atoms with Gasteiger partial charge in [0.25, 0.3) is 5.91 Å². The number of unbranched alkanes of at least 4 members (excludes halogenated alkanes) is 3. The van der Waals surface area contributed by atoms with E-state index in [1.807, 2.05) is 17.0 Å². The lowest BCUT2D eigenvalue weighted by Gasteiger charge is -2.16. The molecule has 1 aliphatic heterocycles. The fourth-order valence-electron chi connectivity index (χ4n) is 3.30. The van der Waals surface area contributed by atoms with Gasteiger partial charge < -0.3 is 20.6 Å². The van der Waals surface area contributed by atoms with Crippen molar-refractivity contribution < 1.29 is 14.7 Å². The third-order valence-electron chi connectivity index (χ3n) is 4.92. The number of aromatic hydroxyl groups is 1. The Hall–Kier alpha value is -3.02. The number of amides is 3. The number of nitrogens with zero attached hydrogens (tertiary/aromatic N) is 1. The minimum absolute atomic E-state index is 0.00244. The molecule has 3 N–H and O–H groups in total. The molecule has 0 atom stereocenters. The number of carbonyl (C=O) groups is 2. The van der Waals surface area contributed by atoms with Crippen LogP contribution >= 0.6 is 0 Å². The van der Waals surface area contributed by atoms with Gasteiger partial charge in [0.1, 0.15) is 5.75 Å². The molecule has 0 aromatic heterocycles. The molecule has 2 aromatic rings. The first-order valence-corrected chi connectivity index (χ1v) is 9.80. The van der Waals surface area contributed by atoms with Gasteiger partial charge in [-0.3, -0.25) is 4.79 Å². The smallest absolute Gasteiger partial charge is 0.318 e. The highest BCUT2D eigenvalue weighted by atomic mass is 16.3. The van der Waals surface area contributed by atoms with Crippen molar-refractivity contribution in [2.24, 2.45) is 0 Å². The molecule has 0 bridgehead atoms. The van der Waals surface area contributed by atoms with Crippen LogP contribution in [0.25, 0.3) is 0 Å². The predicted molar refractivity (Wildman–Crippen MR) is 108 cm³/mol. The number of hydrogen-bond acceptors (Lipinski definition) is 3. The van der Waals surface area contributed by atoms with Crippen molar-refractivity contribution in [1.82, 2.24) is 15.5 Å². The monoisotopic (exact) mass is 381 g/mol. The van der Waals surface area contributed by atoms with E-state index < -0.39 is 0 Å². The Kier molecular flexibility index (Phi) is 6.89. The minimum Gasteiger partial charge on any atom is -0.508 e. The second-order valence-electron chi connectivity index (χ2n) is 7.07. The van der Waals surface area contributed by atoms with Crippen molar-refractivity contribution in [2.75, 3.05) is 13.1 Å². The molecule has 1 aliphatic rings. The summed E-state index contributed by atoms with van der Waals surface area (Å²) in [4.78, 5) is 26.0. The number of phenolic OH excluding ortho intramolecular Hbond substituents is 1. The number of fused-ring (bicyclic) bond motifs is 1. The van der Waals surface area contributed by atoms with E-state index in [9.17, 15) is 14.7 Å². The van der Waals surface area contributed by atoms with Gasteiger partial charge in [-0.2, -0.15) is 0 Å². The second-order valence-corrected chi connectivity index (χ2v) is 7.07. The molecule has 0 radical (unpaired) electrons. The summed E-state index contributed by atoms with van der Waals surface area (Å²) >= 11 is 0. The molecule has 3 rings (SSSR count). The fraction of sp³-hybridized carbons (Fsp3) is 0.364. The van der Waals surface area contributed by atoms with Crippen LogP contribution in [0.4, 0.5) is 4.79 Å². The summed E-state index contributed by atoms with van der Waals surface area (Å²) in [5, 5.41) is 15.1. The van der Waals surface area contributed by atoms with Crippen LogP contribution in [0.15, 0.2) is 48.5 Å². The van der Waals surface area contributed by atoms with Gasteiger partial charge in [0.15, 0.2) is 0 Å². The SMILES string of the molecule is O=C(NCCCCCCNC(=O)N1Cc2ccccc2C1)c1ccc(O)cc1. The molecule has 6 heteroatoms. The zero-order chi connectivity index (χ0) is 19.8. The fourth-order valence-corrected chi connectivity index (χ4v) is 3.30. The van der Waals surface area contributed by atoms with E-state index in [-0.39, 0.29) is 17.7 Å². The zero-order valence-corrected chi connectivity index (χ0v) is 16.0. The summed E-state index contributed by atoms with van der Waals surface area (Å²) in [6.45, 7) is 2.66. The lowest BCUT2D eigenvalue weighted by Crippen LogP contribution is -2.36. The van der Waals surface area contributed by atoms with Crippen molar-refractivity contribution in [3.05, 3.63) is 65.2 Å². The molecule has 0 saturated heterocycles. The van der Waals surface area contributed by atoms with Crippen LogP contribution in [-0.2, 0) is 13.1 Å². The summed E-state index contributed by atoms with van der Waals surface area (Å²) in [5.74, 6) is 0.0248. The third-order valence-corrected chi connectivity index (χ3v) is 4.92. The number of urea groups is 1. The maximum Gasteiger partial charge on any atom is 0.318 e. The van der Waals surface area contributed by atoms with E-state index in [2.05, 4.69) is 22.8 Å². The van der Waals surface area contributed by atoms with Gasteiger partial charge in [0, 0.05) is 31.7 Å². The highest BCUT2D eigenvalue weighted by Crippen LogP contribution is 2.21. The summed E-state index contributed by atoms with van der Waals surface area (Å²) in [6, 6.07) is 14.4.